The molecular formula is C20H19N3O3. The minimum absolute atomic E-state index is 0.271. The Kier molecular flexibility index (Phi) is 5.22. The van der Waals surface area contributed by atoms with Crippen LogP contribution >= 0.6 is 0 Å². The van der Waals surface area contributed by atoms with Crippen molar-refractivity contribution in [3.05, 3.63) is 66.5 Å². The van der Waals surface area contributed by atoms with Gasteiger partial charge in [0.15, 0.2) is 6.10 Å². The normalized spacial score (nSPS) is 11.8. The zero-order valence-corrected chi connectivity index (χ0v) is 14.6. The molecule has 1 aromatic heterocycles. The van der Waals surface area contributed by atoms with Crippen LogP contribution in [0.15, 0.2) is 60.9 Å². The van der Waals surface area contributed by atoms with Gasteiger partial charge in [-0.3, -0.25) is 14.8 Å². The Morgan fingerprint density at radius 1 is 1.04 bits per heavy atom. The molecule has 0 saturated heterocycles. The number of esters is 1. The zero-order valence-electron chi connectivity index (χ0n) is 14.6. The number of hydrogen-bond donors (Lipinski definition) is 0. The number of benzene rings is 2. The maximum Gasteiger partial charge on any atom is 0.338 e. The molecule has 0 spiro atoms. The van der Waals surface area contributed by atoms with E-state index < -0.39 is 12.1 Å². The van der Waals surface area contributed by atoms with Crippen molar-refractivity contribution in [1.82, 2.24) is 9.97 Å². The summed E-state index contributed by atoms with van der Waals surface area (Å²) in [5.74, 6) is -0.838. The quantitative estimate of drug-likeness (QED) is 0.661. The number of para-hydroxylation sites is 1. The van der Waals surface area contributed by atoms with E-state index in [9.17, 15) is 9.59 Å². The smallest absolute Gasteiger partial charge is 0.338 e. The number of anilines is 1. The van der Waals surface area contributed by atoms with Gasteiger partial charge in [-0.2, -0.15) is 0 Å². The lowest BCUT2D eigenvalue weighted by atomic mass is 10.2. The van der Waals surface area contributed by atoms with E-state index in [1.54, 1.807) is 42.4 Å². The predicted octanol–water partition coefficient (Wildman–Crippen LogP) is 3.23. The van der Waals surface area contributed by atoms with Crippen LogP contribution in [0.1, 0.15) is 24.2 Å². The first-order valence-electron chi connectivity index (χ1n) is 8.38. The summed E-state index contributed by atoms with van der Waals surface area (Å²) in [6, 6.07) is 14.2. The van der Waals surface area contributed by atoms with Crippen LogP contribution in [-0.2, 0) is 9.53 Å². The van der Waals surface area contributed by atoms with Crippen molar-refractivity contribution in [2.24, 2.45) is 0 Å². The summed E-state index contributed by atoms with van der Waals surface area (Å²) in [5.41, 5.74) is 2.39. The Labute approximate surface area is 151 Å². The molecule has 1 atom stereocenters. The molecule has 0 radical (unpaired) electrons. The number of likely N-dealkylation sites (N-methyl/N-ethyl adjacent to an activating group) is 1. The molecule has 1 amide bonds. The number of aromatic nitrogens is 2. The van der Waals surface area contributed by atoms with Crippen LogP contribution in [-0.4, -0.2) is 34.5 Å². The number of fused-ring (bicyclic) bond motifs is 1. The molecule has 0 N–H and O–H groups in total. The highest BCUT2D eigenvalue weighted by Gasteiger charge is 2.24. The van der Waals surface area contributed by atoms with Crippen LogP contribution in [0, 0.1) is 0 Å². The zero-order chi connectivity index (χ0) is 18.5. The molecule has 0 aliphatic heterocycles. The highest BCUT2D eigenvalue weighted by Crippen LogP contribution is 2.17. The van der Waals surface area contributed by atoms with E-state index in [-0.39, 0.29) is 5.91 Å². The topological polar surface area (TPSA) is 72.4 Å². The van der Waals surface area contributed by atoms with Crippen molar-refractivity contribution in [2.45, 2.75) is 20.0 Å². The predicted molar refractivity (Wildman–Crippen MR) is 98.9 cm³/mol. The van der Waals surface area contributed by atoms with Crippen LogP contribution < -0.4 is 4.90 Å². The van der Waals surface area contributed by atoms with Gasteiger partial charge in [0, 0.05) is 24.6 Å². The molecule has 1 heterocycles. The second-order valence-corrected chi connectivity index (χ2v) is 5.73. The molecule has 132 valence electrons. The lowest BCUT2D eigenvalue weighted by Gasteiger charge is -2.24. The molecule has 3 rings (SSSR count). The Morgan fingerprint density at radius 2 is 1.73 bits per heavy atom. The molecule has 0 unspecified atom stereocenters. The van der Waals surface area contributed by atoms with Gasteiger partial charge in [-0.25, -0.2) is 4.79 Å². The molecular weight excluding hydrogens is 330 g/mol. The first-order chi connectivity index (χ1) is 12.6. The molecule has 0 aliphatic carbocycles. The van der Waals surface area contributed by atoms with Crippen LogP contribution in [0.5, 0.6) is 0 Å². The van der Waals surface area contributed by atoms with E-state index in [1.165, 1.54) is 0 Å². The van der Waals surface area contributed by atoms with Gasteiger partial charge >= 0.3 is 5.97 Å². The summed E-state index contributed by atoms with van der Waals surface area (Å²) >= 11 is 0. The monoisotopic (exact) mass is 349 g/mol. The third kappa shape index (κ3) is 3.69. The Bertz CT molecular complexity index is 928. The third-order valence-corrected chi connectivity index (χ3v) is 3.99. The van der Waals surface area contributed by atoms with Crippen molar-refractivity contribution in [3.8, 4) is 0 Å². The van der Waals surface area contributed by atoms with Crippen molar-refractivity contribution in [3.63, 3.8) is 0 Å². The maximum atomic E-state index is 12.7. The van der Waals surface area contributed by atoms with E-state index in [0.717, 1.165) is 5.69 Å². The number of carbonyl (C=O) groups excluding carboxylic acids is 2. The Balaban J connectivity index is 1.74. The fraction of sp³-hybridized carbons (Fsp3) is 0.200. The van der Waals surface area contributed by atoms with Crippen LogP contribution in [0.3, 0.4) is 0 Å². The molecule has 0 aliphatic rings. The van der Waals surface area contributed by atoms with Gasteiger partial charge in [0.05, 0.1) is 16.6 Å². The first-order valence-corrected chi connectivity index (χ1v) is 8.38. The fourth-order valence-electron chi connectivity index (χ4n) is 2.66. The van der Waals surface area contributed by atoms with Crippen LogP contribution in [0.25, 0.3) is 11.0 Å². The second-order valence-electron chi connectivity index (χ2n) is 5.73. The van der Waals surface area contributed by atoms with Crippen LogP contribution in [0.2, 0.25) is 0 Å². The maximum absolute atomic E-state index is 12.7. The largest absolute Gasteiger partial charge is 0.449 e. The van der Waals surface area contributed by atoms with E-state index >= 15 is 0 Å². The van der Waals surface area contributed by atoms with Gasteiger partial charge in [0.2, 0.25) is 0 Å². The first kappa shape index (κ1) is 17.5. The fourth-order valence-corrected chi connectivity index (χ4v) is 2.66. The molecule has 26 heavy (non-hydrogen) atoms. The third-order valence-electron chi connectivity index (χ3n) is 3.99. The summed E-state index contributed by atoms with van der Waals surface area (Å²) in [7, 11) is 0. The minimum Gasteiger partial charge on any atom is -0.449 e. The average Bonchev–Trinajstić information content (AvgIpc) is 2.68. The SMILES string of the molecule is CCN(C(=O)[C@@H](C)OC(=O)c1ccc2nccnc2c1)c1ccccc1. The average molecular weight is 349 g/mol. The van der Waals surface area contributed by atoms with Gasteiger partial charge in [0.1, 0.15) is 0 Å². The van der Waals surface area contributed by atoms with Crippen molar-refractivity contribution in [2.75, 3.05) is 11.4 Å². The number of rotatable bonds is 5. The van der Waals surface area contributed by atoms with Crippen molar-refractivity contribution >= 4 is 28.6 Å². The van der Waals surface area contributed by atoms with E-state index in [1.807, 2.05) is 37.3 Å². The molecule has 0 bridgehead atoms. The second kappa shape index (κ2) is 7.74. The standard InChI is InChI=1S/C20H19N3O3/c1-3-23(16-7-5-4-6-8-16)19(24)14(2)26-20(25)15-9-10-17-18(13-15)22-12-11-21-17/h4-14H,3H2,1-2H3/t14-/m1/s1. The number of carbonyl (C=O) groups is 2. The molecule has 0 saturated carbocycles. The minimum atomic E-state index is -0.903. The number of hydrogen-bond acceptors (Lipinski definition) is 5. The Morgan fingerprint density at radius 3 is 2.42 bits per heavy atom. The van der Waals surface area contributed by atoms with E-state index in [0.29, 0.717) is 23.1 Å². The summed E-state index contributed by atoms with van der Waals surface area (Å²) in [6.07, 6.45) is 2.24. The van der Waals surface area contributed by atoms with Crippen LogP contribution in [0.4, 0.5) is 5.69 Å². The summed E-state index contributed by atoms with van der Waals surface area (Å²) in [6.45, 7) is 3.93. The van der Waals surface area contributed by atoms with Gasteiger partial charge < -0.3 is 9.64 Å². The number of amides is 1. The molecule has 0 fully saturated rings. The highest BCUT2D eigenvalue weighted by molar-refractivity contribution is 5.99. The van der Waals surface area contributed by atoms with E-state index in [4.69, 9.17) is 4.74 Å². The molecule has 6 nitrogen and oxygen atoms in total. The van der Waals surface area contributed by atoms with Gasteiger partial charge in [-0.15, -0.1) is 0 Å². The summed E-state index contributed by atoms with van der Waals surface area (Å²) in [5, 5.41) is 0. The number of nitrogens with zero attached hydrogens (tertiary/aromatic N) is 3. The Hall–Kier alpha value is -3.28. The lowest BCUT2D eigenvalue weighted by Crippen LogP contribution is -2.40. The summed E-state index contributed by atoms with van der Waals surface area (Å²) in [4.78, 5) is 35.0. The number of ether oxygens (including phenoxy) is 1. The molecule has 6 heteroatoms. The van der Waals surface area contributed by atoms with Gasteiger partial charge in [-0.05, 0) is 44.2 Å². The lowest BCUT2D eigenvalue weighted by molar-refractivity contribution is -0.126. The summed E-state index contributed by atoms with van der Waals surface area (Å²) < 4.78 is 5.37. The van der Waals surface area contributed by atoms with Crippen molar-refractivity contribution < 1.29 is 14.3 Å². The highest BCUT2D eigenvalue weighted by atomic mass is 16.5. The van der Waals surface area contributed by atoms with Gasteiger partial charge in [0.25, 0.3) is 5.91 Å². The van der Waals surface area contributed by atoms with Crippen molar-refractivity contribution in [1.29, 1.82) is 0 Å². The molecule has 3 aromatic rings. The molecule has 2 aromatic carbocycles. The van der Waals surface area contributed by atoms with E-state index in [2.05, 4.69) is 9.97 Å². The van der Waals surface area contributed by atoms with Gasteiger partial charge in [-0.1, -0.05) is 18.2 Å².